The molecule has 0 aliphatic heterocycles. The van der Waals surface area contributed by atoms with E-state index in [2.05, 4.69) is 17.0 Å². The Morgan fingerprint density at radius 2 is 2.22 bits per heavy atom. The van der Waals surface area contributed by atoms with E-state index in [0.29, 0.717) is 0 Å². The summed E-state index contributed by atoms with van der Waals surface area (Å²) in [6.45, 7) is 6.80. The summed E-state index contributed by atoms with van der Waals surface area (Å²) in [4.78, 5) is 13.4. The highest BCUT2D eigenvalue weighted by atomic mass is 16.2. The maximum Gasteiger partial charge on any atom is 0.344 e. The van der Waals surface area contributed by atoms with Crippen LogP contribution in [0.25, 0.3) is 0 Å². The number of nitrogens with one attached hydrogen (secondary N) is 1. The fourth-order valence-corrected chi connectivity index (χ4v) is 0.252. The van der Waals surface area contributed by atoms with E-state index in [1.54, 1.807) is 6.20 Å². The first-order valence-electron chi connectivity index (χ1n) is 2.57. The lowest BCUT2D eigenvalue weighted by Crippen LogP contribution is -2.11. The average molecular weight is 126 g/mol. The zero-order valence-corrected chi connectivity index (χ0v) is 5.64. The summed E-state index contributed by atoms with van der Waals surface area (Å²) in [6, 6.07) is -0.420. The number of urea groups is 1. The van der Waals surface area contributed by atoms with Crippen LogP contribution < -0.4 is 5.32 Å². The number of hydrogen-bond donors (Lipinski definition) is 1. The SMILES string of the molecule is C=NC(=O)NC=C(C)C. The molecule has 0 aliphatic rings. The normalized spacial score (nSPS) is 7.78. The standard InChI is InChI=1S/C6H10N2O/c1-5(2)4-8-6(9)7-3/h4H,3H2,1-2H3,(H,8,9). The van der Waals surface area contributed by atoms with Gasteiger partial charge in [-0.15, -0.1) is 0 Å². The summed E-state index contributed by atoms with van der Waals surface area (Å²) < 4.78 is 0. The Morgan fingerprint density at radius 3 is 2.56 bits per heavy atom. The quantitative estimate of drug-likeness (QED) is 0.529. The predicted molar refractivity (Wildman–Crippen MR) is 37.5 cm³/mol. The van der Waals surface area contributed by atoms with E-state index in [-0.39, 0.29) is 0 Å². The second-order valence-corrected chi connectivity index (χ2v) is 1.83. The number of carbonyl (C=O) groups excluding carboxylic acids is 1. The Hall–Kier alpha value is -1.12. The van der Waals surface area contributed by atoms with E-state index >= 15 is 0 Å². The summed E-state index contributed by atoms with van der Waals surface area (Å²) in [5, 5.41) is 2.40. The van der Waals surface area contributed by atoms with Gasteiger partial charge in [0, 0.05) is 6.20 Å². The Morgan fingerprint density at radius 1 is 1.67 bits per heavy atom. The summed E-state index contributed by atoms with van der Waals surface area (Å²) in [5.74, 6) is 0. The molecule has 0 bridgehead atoms. The van der Waals surface area contributed by atoms with Crippen molar-refractivity contribution in [3.8, 4) is 0 Å². The first-order chi connectivity index (χ1) is 4.16. The zero-order chi connectivity index (χ0) is 7.28. The minimum Gasteiger partial charge on any atom is -0.313 e. The molecule has 50 valence electrons. The molecule has 0 fully saturated rings. The summed E-state index contributed by atoms with van der Waals surface area (Å²) in [6.07, 6.45) is 1.58. The minimum atomic E-state index is -0.420. The first-order valence-corrected chi connectivity index (χ1v) is 2.57. The molecular formula is C6H10N2O. The van der Waals surface area contributed by atoms with Crippen molar-refractivity contribution < 1.29 is 4.79 Å². The Bertz CT molecular complexity index is 145. The highest BCUT2D eigenvalue weighted by Crippen LogP contribution is 1.83. The van der Waals surface area contributed by atoms with Gasteiger partial charge >= 0.3 is 6.03 Å². The van der Waals surface area contributed by atoms with Crippen molar-refractivity contribution >= 4 is 12.7 Å². The van der Waals surface area contributed by atoms with Gasteiger partial charge in [0.05, 0.1) is 0 Å². The number of aliphatic imine (C=N–C) groups is 1. The lowest BCUT2D eigenvalue weighted by molar-refractivity contribution is 0.252. The Kier molecular flexibility index (Phi) is 3.35. The van der Waals surface area contributed by atoms with Gasteiger partial charge in [-0.05, 0) is 20.6 Å². The highest BCUT2D eigenvalue weighted by Gasteiger charge is 1.86. The van der Waals surface area contributed by atoms with Crippen molar-refractivity contribution in [1.82, 2.24) is 5.32 Å². The van der Waals surface area contributed by atoms with Gasteiger partial charge in [-0.1, -0.05) is 5.57 Å². The van der Waals surface area contributed by atoms with Crippen molar-refractivity contribution in [2.24, 2.45) is 4.99 Å². The van der Waals surface area contributed by atoms with Crippen LogP contribution in [-0.4, -0.2) is 12.7 Å². The fraction of sp³-hybridized carbons (Fsp3) is 0.333. The first kappa shape index (κ1) is 7.88. The lowest BCUT2D eigenvalue weighted by Gasteiger charge is -1.90. The highest BCUT2D eigenvalue weighted by molar-refractivity contribution is 5.79. The Balaban J connectivity index is 3.63. The second-order valence-electron chi connectivity index (χ2n) is 1.83. The van der Waals surface area contributed by atoms with Gasteiger partial charge in [-0.3, -0.25) is 0 Å². The van der Waals surface area contributed by atoms with Gasteiger partial charge in [-0.25, -0.2) is 9.79 Å². The molecule has 0 aromatic carbocycles. The largest absolute Gasteiger partial charge is 0.344 e. The molecule has 0 rings (SSSR count). The zero-order valence-electron chi connectivity index (χ0n) is 5.64. The van der Waals surface area contributed by atoms with Crippen molar-refractivity contribution in [3.05, 3.63) is 11.8 Å². The molecule has 0 aromatic rings. The smallest absolute Gasteiger partial charge is 0.313 e. The van der Waals surface area contributed by atoms with E-state index in [1.807, 2.05) is 13.8 Å². The third kappa shape index (κ3) is 4.74. The van der Waals surface area contributed by atoms with E-state index in [0.717, 1.165) is 5.57 Å². The van der Waals surface area contributed by atoms with Crippen molar-refractivity contribution in [2.45, 2.75) is 13.8 Å². The molecule has 0 atom stereocenters. The van der Waals surface area contributed by atoms with Crippen LogP contribution in [0, 0.1) is 0 Å². The molecule has 0 spiro atoms. The van der Waals surface area contributed by atoms with Gasteiger partial charge < -0.3 is 5.32 Å². The van der Waals surface area contributed by atoms with Crippen LogP contribution in [0.2, 0.25) is 0 Å². The van der Waals surface area contributed by atoms with Crippen LogP contribution in [0.15, 0.2) is 16.8 Å². The molecule has 2 amide bonds. The number of rotatable bonds is 1. The predicted octanol–water partition coefficient (Wildman–Crippen LogP) is 1.32. The van der Waals surface area contributed by atoms with Crippen LogP contribution in [0.1, 0.15) is 13.8 Å². The minimum absolute atomic E-state index is 0.420. The molecule has 3 heteroatoms. The van der Waals surface area contributed by atoms with Crippen molar-refractivity contribution in [1.29, 1.82) is 0 Å². The summed E-state index contributed by atoms with van der Waals surface area (Å²) in [7, 11) is 0. The van der Waals surface area contributed by atoms with E-state index in [1.165, 1.54) is 0 Å². The van der Waals surface area contributed by atoms with Gasteiger partial charge in [-0.2, -0.15) is 0 Å². The van der Waals surface area contributed by atoms with Gasteiger partial charge in [0.15, 0.2) is 0 Å². The number of carbonyl (C=O) groups is 1. The fourth-order valence-electron chi connectivity index (χ4n) is 0.252. The van der Waals surface area contributed by atoms with E-state index in [9.17, 15) is 4.79 Å². The summed E-state index contributed by atoms with van der Waals surface area (Å²) in [5.41, 5.74) is 1.02. The molecule has 0 aromatic heterocycles. The Labute approximate surface area is 54.5 Å². The van der Waals surface area contributed by atoms with Crippen molar-refractivity contribution in [3.63, 3.8) is 0 Å². The third-order valence-electron chi connectivity index (χ3n) is 0.628. The van der Waals surface area contributed by atoms with Crippen LogP contribution in [0.3, 0.4) is 0 Å². The molecule has 0 radical (unpaired) electrons. The topological polar surface area (TPSA) is 41.5 Å². The van der Waals surface area contributed by atoms with E-state index in [4.69, 9.17) is 0 Å². The molecule has 3 nitrogen and oxygen atoms in total. The molecular weight excluding hydrogens is 116 g/mol. The van der Waals surface area contributed by atoms with Gasteiger partial charge in [0.1, 0.15) is 0 Å². The van der Waals surface area contributed by atoms with Crippen molar-refractivity contribution in [2.75, 3.05) is 0 Å². The molecule has 0 unspecified atom stereocenters. The molecule has 0 heterocycles. The van der Waals surface area contributed by atoms with Gasteiger partial charge in [0.25, 0.3) is 0 Å². The summed E-state index contributed by atoms with van der Waals surface area (Å²) >= 11 is 0. The third-order valence-corrected chi connectivity index (χ3v) is 0.628. The lowest BCUT2D eigenvalue weighted by atomic mass is 10.4. The monoisotopic (exact) mass is 126 g/mol. The molecule has 9 heavy (non-hydrogen) atoms. The van der Waals surface area contributed by atoms with Crippen LogP contribution in [-0.2, 0) is 0 Å². The number of allylic oxidation sites excluding steroid dienone is 1. The average Bonchev–Trinajstić information content (AvgIpc) is 1.83. The molecule has 1 N–H and O–H groups in total. The number of nitrogens with zero attached hydrogens (tertiary/aromatic N) is 1. The molecule has 0 saturated carbocycles. The maximum atomic E-state index is 10.3. The van der Waals surface area contributed by atoms with Crippen LogP contribution in [0.5, 0.6) is 0 Å². The number of amides is 2. The van der Waals surface area contributed by atoms with Crippen LogP contribution in [0.4, 0.5) is 4.79 Å². The number of hydrogen-bond acceptors (Lipinski definition) is 1. The van der Waals surface area contributed by atoms with Crippen LogP contribution >= 0.6 is 0 Å². The molecule has 0 saturated heterocycles. The maximum absolute atomic E-state index is 10.3. The van der Waals surface area contributed by atoms with E-state index < -0.39 is 6.03 Å². The van der Waals surface area contributed by atoms with Gasteiger partial charge in [0.2, 0.25) is 0 Å². The second kappa shape index (κ2) is 3.83. The molecule has 0 aliphatic carbocycles.